The summed E-state index contributed by atoms with van der Waals surface area (Å²) >= 11 is 0. The van der Waals surface area contributed by atoms with Gasteiger partial charge in [-0.25, -0.2) is 0 Å². The molecule has 0 spiro atoms. The van der Waals surface area contributed by atoms with Crippen LogP contribution in [0.15, 0.2) is 0 Å². The van der Waals surface area contributed by atoms with Gasteiger partial charge in [-0.05, 0) is 58.7 Å². The van der Waals surface area contributed by atoms with Gasteiger partial charge in [0.05, 0.1) is 5.92 Å². The van der Waals surface area contributed by atoms with E-state index in [0.717, 1.165) is 25.9 Å². The van der Waals surface area contributed by atoms with Crippen molar-refractivity contribution in [1.82, 2.24) is 10.2 Å². The maximum atomic E-state index is 13.0. The number of hydrogen-bond acceptors (Lipinski definition) is 2. The van der Waals surface area contributed by atoms with Gasteiger partial charge < -0.3 is 10.2 Å². The summed E-state index contributed by atoms with van der Waals surface area (Å²) in [4.78, 5) is 2.48. The van der Waals surface area contributed by atoms with Crippen LogP contribution in [-0.2, 0) is 0 Å². The Kier molecular flexibility index (Phi) is 6.35. The van der Waals surface area contributed by atoms with Gasteiger partial charge in [-0.15, -0.1) is 0 Å². The second-order valence-electron chi connectivity index (χ2n) is 6.73. The molecule has 0 amide bonds. The minimum absolute atomic E-state index is 0.296. The molecule has 1 saturated heterocycles. The van der Waals surface area contributed by atoms with Gasteiger partial charge in [0.25, 0.3) is 0 Å². The fourth-order valence-electron chi connectivity index (χ4n) is 3.83. The summed E-state index contributed by atoms with van der Waals surface area (Å²) in [7, 11) is 0. The predicted molar refractivity (Wildman–Crippen MR) is 79.3 cm³/mol. The second-order valence-corrected chi connectivity index (χ2v) is 6.73. The van der Waals surface area contributed by atoms with Gasteiger partial charge in [0, 0.05) is 12.1 Å². The zero-order valence-corrected chi connectivity index (χ0v) is 13.1. The number of rotatable bonds is 5. The van der Waals surface area contributed by atoms with Gasteiger partial charge in [-0.2, -0.15) is 13.2 Å². The molecule has 2 fully saturated rings. The number of likely N-dealkylation sites (tertiary alicyclic amines) is 1. The molecule has 1 N–H and O–H groups in total. The van der Waals surface area contributed by atoms with Crippen LogP contribution in [0.3, 0.4) is 0 Å². The van der Waals surface area contributed by atoms with Crippen molar-refractivity contribution in [3.8, 4) is 0 Å². The van der Waals surface area contributed by atoms with E-state index in [4.69, 9.17) is 0 Å². The number of alkyl halides is 3. The molecule has 2 rings (SSSR count). The molecule has 3 unspecified atom stereocenters. The molecule has 2 nitrogen and oxygen atoms in total. The van der Waals surface area contributed by atoms with Crippen LogP contribution in [0.5, 0.6) is 0 Å². The third-order valence-corrected chi connectivity index (χ3v) is 5.16. The Bertz CT molecular complexity index is 306. The van der Waals surface area contributed by atoms with Gasteiger partial charge in [-0.1, -0.05) is 19.3 Å². The summed E-state index contributed by atoms with van der Waals surface area (Å²) in [6.45, 7) is 5.13. The number of hydrogen-bond donors (Lipinski definition) is 1. The van der Waals surface area contributed by atoms with Gasteiger partial charge in [-0.3, -0.25) is 0 Å². The minimum atomic E-state index is -4.04. The molecule has 5 heteroatoms. The molecule has 1 aliphatic carbocycles. The van der Waals surface area contributed by atoms with Gasteiger partial charge in [0.2, 0.25) is 0 Å². The molecule has 1 aliphatic heterocycles. The lowest BCUT2D eigenvalue weighted by atomic mass is 9.84. The number of nitrogens with one attached hydrogen (secondary N) is 1. The summed E-state index contributed by atoms with van der Waals surface area (Å²) in [5, 5.41) is 3.19. The Morgan fingerprint density at radius 3 is 2.48 bits per heavy atom. The molecule has 21 heavy (non-hydrogen) atoms. The first kappa shape index (κ1) is 17.1. The van der Waals surface area contributed by atoms with E-state index in [0.29, 0.717) is 31.8 Å². The molecule has 0 radical (unpaired) electrons. The normalized spacial score (nSPS) is 32.3. The van der Waals surface area contributed by atoms with Gasteiger partial charge in [0.1, 0.15) is 0 Å². The third-order valence-electron chi connectivity index (χ3n) is 5.16. The van der Waals surface area contributed by atoms with Gasteiger partial charge in [0.15, 0.2) is 0 Å². The highest BCUT2D eigenvalue weighted by Crippen LogP contribution is 2.37. The fraction of sp³-hybridized carbons (Fsp3) is 1.00. The molecule has 1 heterocycles. The largest absolute Gasteiger partial charge is 0.393 e. The van der Waals surface area contributed by atoms with E-state index in [1.54, 1.807) is 0 Å². The molecule has 0 bridgehead atoms. The van der Waals surface area contributed by atoms with Crippen molar-refractivity contribution in [3.05, 3.63) is 0 Å². The highest BCUT2D eigenvalue weighted by Gasteiger charge is 2.45. The smallest absolute Gasteiger partial charge is 0.313 e. The van der Waals surface area contributed by atoms with Crippen LogP contribution in [-0.4, -0.2) is 42.8 Å². The van der Waals surface area contributed by atoms with E-state index < -0.39 is 12.1 Å². The minimum Gasteiger partial charge on any atom is -0.313 e. The van der Waals surface area contributed by atoms with Crippen LogP contribution >= 0.6 is 0 Å². The quantitative estimate of drug-likeness (QED) is 0.773. The average Bonchev–Trinajstić information content (AvgIpc) is 2.45. The Hall–Kier alpha value is -0.290. The van der Waals surface area contributed by atoms with Crippen LogP contribution in [0.1, 0.15) is 58.3 Å². The van der Waals surface area contributed by atoms with E-state index in [2.05, 4.69) is 17.1 Å². The maximum Gasteiger partial charge on any atom is 0.393 e. The van der Waals surface area contributed by atoms with Crippen molar-refractivity contribution in [2.45, 2.75) is 76.6 Å². The second kappa shape index (κ2) is 7.82. The molecule has 3 atom stereocenters. The molecule has 0 aromatic heterocycles. The highest BCUT2D eigenvalue weighted by molar-refractivity contribution is 4.85. The Labute approximate surface area is 126 Å². The lowest BCUT2D eigenvalue weighted by molar-refractivity contribution is -0.188. The SMILES string of the molecule is CC1CCCCN1CCCNC1CCCCC1C(F)(F)F. The molecule has 0 aromatic carbocycles. The van der Waals surface area contributed by atoms with Gasteiger partial charge >= 0.3 is 6.18 Å². The lowest BCUT2D eigenvalue weighted by Crippen LogP contribution is -2.46. The van der Waals surface area contributed by atoms with Crippen LogP contribution in [0.4, 0.5) is 13.2 Å². The van der Waals surface area contributed by atoms with Crippen molar-refractivity contribution in [3.63, 3.8) is 0 Å². The standard InChI is InChI=1S/C16H29F3N2/c1-13-7-4-5-11-21(13)12-6-10-20-15-9-3-2-8-14(15)16(17,18)19/h13-15,20H,2-12H2,1H3. The number of nitrogens with zero attached hydrogens (tertiary/aromatic N) is 1. The lowest BCUT2D eigenvalue weighted by Gasteiger charge is -2.35. The van der Waals surface area contributed by atoms with Crippen molar-refractivity contribution in [2.75, 3.05) is 19.6 Å². The maximum absolute atomic E-state index is 13.0. The zero-order valence-electron chi connectivity index (χ0n) is 13.1. The number of piperidine rings is 1. The van der Waals surface area contributed by atoms with Crippen molar-refractivity contribution < 1.29 is 13.2 Å². The molecular formula is C16H29F3N2. The van der Waals surface area contributed by atoms with E-state index in [-0.39, 0.29) is 6.04 Å². The summed E-state index contributed by atoms with van der Waals surface area (Å²) in [6.07, 6.45) is 3.34. The molecule has 2 aliphatic rings. The summed E-state index contributed by atoms with van der Waals surface area (Å²) in [6, 6.07) is 0.272. The van der Waals surface area contributed by atoms with Crippen LogP contribution in [0.2, 0.25) is 0 Å². The first-order valence-corrected chi connectivity index (χ1v) is 8.52. The molecule has 0 aromatic rings. The monoisotopic (exact) mass is 306 g/mol. The Balaban J connectivity index is 1.69. The average molecular weight is 306 g/mol. The van der Waals surface area contributed by atoms with E-state index in [9.17, 15) is 13.2 Å². The predicted octanol–water partition coefficient (Wildman–Crippen LogP) is 3.96. The fourth-order valence-corrected chi connectivity index (χ4v) is 3.83. The highest BCUT2D eigenvalue weighted by atomic mass is 19.4. The van der Waals surface area contributed by atoms with E-state index in [1.165, 1.54) is 19.3 Å². The summed E-state index contributed by atoms with van der Waals surface area (Å²) in [5.74, 6) is -1.14. The summed E-state index contributed by atoms with van der Waals surface area (Å²) < 4.78 is 39.0. The van der Waals surface area contributed by atoms with Crippen LogP contribution < -0.4 is 5.32 Å². The Morgan fingerprint density at radius 2 is 1.76 bits per heavy atom. The van der Waals surface area contributed by atoms with Crippen molar-refractivity contribution in [1.29, 1.82) is 0 Å². The van der Waals surface area contributed by atoms with Crippen LogP contribution in [0.25, 0.3) is 0 Å². The summed E-state index contributed by atoms with van der Waals surface area (Å²) in [5.41, 5.74) is 0. The van der Waals surface area contributed by atoms with E-state index in [1.807, 2.05) is 0 Å². The van der Waals surface area contributed by atoms with Crippen molar-refractivity contribution >= 4 is 0 Å². The molecule has 1 saturated carbocycles. The zero-order chi connectivity index (χ0) is 15.3. The molecule has 124 valence electrons. The topological polar surface area (TPSA) is 15.3 Å². The first-order chi connectivity index (χ1) is 9.98. The van der Waals surface area contributed by atoms with Crippen molar-refractivity contribution in [2.24, 2.45) is 5.92 Å². The first-order valence-electron chi connectivity index (χ1n) is 8.52. The van der Waals surface area contributed by atoms with E-state index >= 15 is 0 Å². The third kappa shape index (κ3) is 5.13. The Morgan fingerprint density at radius 1 is 1.05 bits per heavy atom. The molecular weight excluding hydrogens is 277 g/mol. The van der Waals surface area contributed by atoms with Crippen LogP contribution in [0, 0.1) is 5.92 Å². The number of halogens is 3.